The average Bonchev–Trinajstić information content (AvgIpc) is 2.64. The van der Waals surface area contributed by atoms with Gasteiger partial charge < -0.3 is 4.43 Å². The number of hydrogen-bond acceptors (Lipinski definition) is 2. The maximum atomic E-state index is 14.2. The van der Waals surface area contributed by atoms with Gasteiger partial charge in [0.15, 0.2) is 0 Å². The van der Waals surface area contributed by atoms with Gasteiger partial charge in [0.05, 0.1) is 0 Å². The quantitative estimate of drug-likeness (QED) is 0.439. The topological polar surface area (TPSA) is 22.1 Å². The molecule has 4 heteroatoms. The smallest absolute Gasteiger partial charge is 0.277 e. The molecule has 30 heavy (non-hydrogen) atoms. The fourth-order valence-electron chi connectivity index (χ4n) is 4.41. The van der Waals surface area contributed by atoms with Gasteiger partial charge in [-0.3, -0.25) is 4.98 Å². The predicted molar refractivity (Wildman–Crippen MR) is 125 cm³/mol. The van der Waals surface area contributed by atoms with Gasteiger partial charge in [-0.25, -0.2) is 4.39 Å². The van der Waals surface area contributed by atoms with Crippen LogP contribution in [0, 0.1) is 25.1 Å². The average molecular weight is 420 g/mol. The Labute approximate surface area is 180 Å². The van der Waals surface area contributed by atoms with Gasteiger partial charge in [-0.15, -0.1) is 0 Å². The van der Waals surface area contributed by atoms with Crippen molar-refractivity contribution in [3.63, 3.8) is 0 Å². The van der Waals surface area contributed by atoms with Crippen LogP contribution in [0.2, 0.25) is 13.1 Å². The number of hydrogen-bond donors (Lipinski definition) is 0. The zero-order valence-corrected chi connectivity index (χ0v) is 20.0. The molecule has 0 aliphatic carbocycles. The van der Waals surface area contributed by atoms with Gasteiger partial charge >= 0.3 is 0 Å². The van der Waals surface area contributed by atoms with Crippen LogP contribution in [0.3, 0.4) is 0 Å². The molecule has 0 radical (unpaired) electrons. The van der Waals surface area contributed by atoms with Crippen LogP contribution in [-0.4, -0.2) is 13.3 Å². The van der Waals surface area contributed by atoms with Crippen molar-refractivity contribution in [3.8, 4) is 28.1 Å². The minimum atomic E-state index is -2.19. The summed E-state index contributed by atoms with van der Waals surface area (Å²) in [6, 6.07) is 12.6. The summed E-state index contributed by atoms with van der Waals surface area (Å²) >= 11 is 0. The molecule has 3 aromatic rings. The van der Waals surface area contributed by atoms with Crippen molar-refractivity contribution in [2.24, 2.45) is 5.41 Å². The number of nitrogens with zero attached hydrogens (tertiary/aromatic N) is 1. The number of pyridine rings is 1. The Morgan fingerprint density at radius 2 is 1.63 bits per heavy atom. The summed E-state index contributed by atoms with van der Waals surface area (Å²) in [5, 5.41) is 1.33. The maximum absolute atomic E-state index is 14.2. The Kier molecular flexibility index (Phi) is 4.89. The summed E-state index contributed by atoms with van der Waals surface area (Å²) in [7, 11) is -2.19. The highest BCUT2D eigenvalue weighted by atomic mass is 28.4. The van der Waals surface area contributed by atoms with E-state index >= 15 is 0 Å². The highest BCUT2D eigenvalue weighted by Crippen LogP contribution is 2.42. The minimum Gasteiger partial charge on any atom is -0.538 e. The first-order valence-electron chi connectivity index (χ1n) is 10.6. The lowest BCUT2D eigenvalue weighted by Crippen LogP contribution is -2.51. The highest BCUT2D eigenvalue weighted by molar-refractivity contribution is 6.86. The molecule has 2 nitrogen and oxygen atoms in total. The summed E-state index contributed by atoms with van der Waals surface area (Å²) < 4.78 is 20.9. The first-order chi connectivity index (χ1) is 14.0. The zero-order valence-electron chi connectivity index (χ0n) is 19.0. The number of halogens is 1. The van der Waals surface area contributed by atoms with Crippen molar-refractivity contribution < 1.29 is 8.82 Å². The van der Waals surface area contributed by atoms with Crippen LogP contribution in [0.25, 0.3) is 22.4 Å². The van der Waals surface area contributed by atoms with Crippen LogP contribution >= 0.6 is 0 Å². The van der Waals surface area contributed by atoms with Gasteiger partial charge in [0, 0.05) is 17.3 Å². The van der Waals surface area contributed by atoms with Crippen molar-refractivity contribution in [3.05, 3.63) is 65.1 Å². The van der Waals surface area contributed by atoms with E-state index in [-0.39, 0.29) is 11.2 Å². The Hall–Kier alpha value is -2.46. The molecule has 0 fully saturated rings. The number of aryl methyl sites for hydroxylation is 2. The number of fused-ring (bicyclic) bond motifs is 3. The van der Waals surface area contributed by atoms with E-state index in [1.807, 2.05) is 24.4 Å². The van der Waals surface area contributed by atoms with Crippen LogP contribution in [0.15, 0.2) is 42.6 Å². The predicted octanol–water partition coefficient (Wildman–Crippen LogP) is 6.56. The first-order valence-corrected chi connectivity index (χ1v) is 13.5. The van der Waals surface area contributed by atoms with Crippen LogP contribution < -0.4 is 9.61 Å². The van der Waals surface area contributed by atoms with Crippen molar-refractivity contribution >= 4 is 13.5 Å². The molecule has 0 unspecified atom stereocenters. The van der Waals surface area contributed by atoms with Crippen LogP contribution in [0.5, 0.6) is 5.75 Å². The summed E-state index contributed by atoms with van der Waals surface area (Å²) in [5.74, 6) is 0.673. The first kappa shape index (κ1) is 20.8. The second-order valence-corrected chi connectivity index (χ2v) is 14.0. The molecular weight excluding hydrogens is 389 g/mol. The van der Waals surface area contributed by atoms with Crippen molar-refractivity contribution in [1.82, 2.24) is 4.98 Å². The third kappa shape index (κ3) is 3.69. The maximum Gasteiger partial charge on any atom is 0.277 e. The van der Waals surface area contributed by atoms with Crippen molar-refractivity contribution in [2.75, 3.05) is 0 Å². The molecule has 0 bridgehead atoms. The van der Waals surface area contributed by atoms with Crippen molar-refractivity contribution in [2.45, 2.75) is 54.1 Å². The van der Waals surface area contributed by atoms with Gasteiger partial charge in [-0.2, -0.15) is 0 Å². The van der Waals surface area contributed by atoms with E-state index in [1.165, 1.54) is 16.3 Å². The van der Waals surface area contributed by atoms with Crippen LogP contribution in [0.1, 0.15) is 37.5 Å². The monoisotopic (exact) mass is 419 g/mol. The van der Waals surface area contributed by atoms with E-state index in [2.05, 4.69) is 57.0 Å². The molecule has 2 heterocycles. The van der Waals surface area contributed by atoms with E-state index in [1.54, 1.807) is 13.8 Å². The van der Waals surface area contributed by atoms with E-state index in [4.69, 9.17) is 4.43 Å². The Morgan fingerprint density at radius 3 is 2.27 bits per heavy atom. The molecule has 4 rings (SSSR count). The molecule has 0 saturated heterocycles. The standard InChI is InChI=1S/C26H30FNOSi/c1-16-12-19(13-17(2)23(16)27)24-25-21(10-11-28-24)20-9-8-18(15-26(3,4)5)14-22(20)30(6,7)29-25/h8-14H,15H2,1-7H3. The number of benzene rings is 2. The second kappa shape index (κ2) is 7.05. The molecular formula is C26H30FNOSi. The fourth-order valence-corrected chi connectivity index (χ4v) is 6.64. The summed E-state index contributed by atoms with van der Waals surface area (Å²) in [4.78, 5) is 4.65. The largest absolute Gasteiger partial charge is 0.538 e. The Morgan fingerprint density at radius 1 is 0.967 bits per heavy atom. The molecule has 0 spiro atoms. The molecule has 0 atom stereocenters. The van der Waals surface area contributed by atoms with Gasteiger partial charge in [-0.1, -0.05) is 39.0 Å². The number of aromatic nitrogens is 1. The molecule has 1 aliphatic rings. The zero-order chi connectivity index (χ0) is 21.8. The lowest BCUT2D eigenvalue weighted by Gasteiger charge is -2.35. The molecule has 0 saturated carbocycles. The van der Waals surface area contributed by atoms with Crippen LogP contribution in [0.4, 0.5) is 4.39 Å². The molecule has 0 amide bonds. The number of rotatable bonds is 2. The van der Waals surface area contributed by atoms with E-state index in [0.29, 0.717) is 11.1 Å². The third-order valence-electron chi connectivity index (χ3n) is 5.73. The molecule has 2 aromatic carbocycles. The summed E-state index contributed by atoms with van der Waals surface area (Å²) in [6.45, 7) is 14.9. The lowest BCUT2D eigenvalue weighted by molar-refractivity contribution is 0.411. The lowest BCUT2D eigenvalue weighted by atomic mass is 9.87. The van der Waals surface area contributed by atoms with Crippen LogP contribution in [-0.2, 0) is 6.42 Å². The normalized spacial score (nSPS) is 14.7. The van der Waals surface area contributed by atoms with Gasteiger partial charge in [0.1, 0.15) is 17.3 Å². The molecule has 156 valence electrons. The Balaban J connectivity index is 1.89. The summed E-state index contributed by atoms with van der Waals surface area (Å²) in [5.41, 5.74) is 6.86. The summed E-state index contributed by atoms with van der Waals surface area (Å²) in [6.07, 6.45) is 2.87. The fraction of sp³-hybridized carbons (Fsp3) is 0.346. The second-order valence-electron chi connectivity index (χ2n) is 10.2. The Bertz CT molecular complexity index is 1120. The van der Waals surface area contributed by atoms with E-state index in [9.17, 15) is 4.39 Å². The minimum absolute atomic E-state index is 0.157. The van der Waals surface area contributed by atoms with E-state index < -0.39 is 8.32 Å². The SMILES string of the molecule is Cc1cc(-c2nccc3c2O[Si](C)(C)c2cc(CC(C)(C)C)ccc2-3)cc(C)c1F. The third-order valence-corrected chi connectivity index (χ3v) is 8.15. The molecule has 1 aliphatic heterocycles. The molecule has 1 aromatic heterocycles. The highest BCUT2D eigenvalue weighted by Gasteiger charge is 2.37. The van der Waals surface area contributed by atoms with Gasteiger partial charge in [-0.05, 0) is 84.4 Å². The van der Waals surface area contributed by atoms with Crippen molar-refractivity contribution in [1.29, 1.82) is 0 Å². The van der Waals surface area contributed by atoms with Gasteiger partial charge in [0.2, 0.25) is 0 Å². The molecule has 0 N–H and O–H groups in total. The van der Waals surface area contributed by atoms with E-state index in [0.717, 1.165) is 29.0 Å². The van der Waals surface area contributed by atoms with Gasteiger partial charge in [0.25, 0.3) is 8.32 Å².